The summed E-state index contributed by atoms with van der Waals surface area (Å²) in [5.74, 6) is 0.765. The average molecular weight is 196 g/mol. The summed E-state index contributed by atoms with van der Waals surface area (Å²) in [4.78, 5) is 0. The molecule has 2 N–H and O–H groups in total. The molecule has 2 rings (SSSR count). The number of nitrogens with two attached hydrogens (primary N) is 1. The van der Waals surface area contributed by atoms with Crippen molar-refractivity contribution < 1.29 is 0 Å². The molecule has 1 nitrogen and oxygen atoms in total. The number of rotatable bonds is 1. The second-order valence-electron chi connectivity index (χ2n) is 4.18. The molecule has 0 unspecified atom stereocenters. The van der Waals surface area contributed by atoms with Crippen molar-refractivity contribution in [2.45, 2.75) is 25.3 Å². The van der Waals surface area contributed by atoms with Crippen LogP contribution in [0.4, 0.5) is 0 Å². The quantitative estimate of drug-likeness (QED) is 0.733. The van der Waals surface area contributed by atoms with E-state index in [0.29, 0.717) is 0 Å². The predicted octanol–water partition coefficient (Wildman–Crippen LogP) is 2.92. The van der Waals surface area contributed by atoms with E-state index in [4.69, 9.17) is 17.3 Å². The lowest BCUT2D eigenvalue weighted by molar-refractivity contribution is 0.164. The molecular formula is C11H14ClN. The van der Waals surface area contributed by atoms with E-state index >= 15 is 0 Å². The summed E-state index contributed by atoms with van der Waals surface area (Å²) < 4.78 is 0. The number of halogens is 1. The number of hydrogen-bond acceptors (Lipinski definition) is 1. The van der Waals surface area contributed by atoms with Gasteiger partial charge in [0.05, 0.1) is 0 Å². The minimum Gasteiger partial charge on any atom is -0.321 e. The first-order chi connectivity index (χ1) is 6.10. The highest BCUT2D eigenvalue weighted by atomic mass is 35.5. The highest BCUT2D eigenvalue weighted by molar-refractivity contribution is 6.30. The van der Waals surface area contributed by atoms with Gasteiger partial charge in [-0.3, -0.25) is 0 Å². The monoisotopic (exact) mass is 195 g/mol. The Bertz CT molecular complexity index is 298. The highest BCUT2D eigenvalue weighted by Gasteiger charge is 2.39. The number of hydrogen-bond donors (Lipinski definition) is 1. The lowest BCUT2D eigenvalue weighted by atomic mass is 9.66. The standard InChI is InChI=1S/C11H14ClN/c1-8-6-11(13,7-8)9-2-4-10(12)5-3-9/h2-5,8H,6-7,13H2,1H3. The van der Waals surface area contributed by atoms with Gasteiger partial charge in [-0.05, 0) is 36.5 Å². The van der Waals surface area contributed by atoms with Crippen LogP contribution in [0.2, 0.25) is 5.02 Å². The van der Waals surface area contributed by atoms with Gasteiger partial charge in [0.1, 0.15) is 0 Å². The van der Waals surface area contributed by atoms with E-state index in [1.54, 1.807) is 0 Å². The summed E-state index contributed by atoms with van der Waals surface area (Å²) in [5.41, 5.74) is 7.36. The molecule has 0 aromatic heterocycles. The zero-order valence-corrected chi connectivity index (χ0v) is 8.51. The molecule has 1 saturated carbocycles. The van der Waals surface area contributed by atoms with Crippen LogP contribution in [0.15, 0.2) is 24.3 Å². The van der Waals surface area contributed by atoms with Gasteiger partial charge in [0.15, 0.2) is 0 Å². The molecule has 13 heavy (non-hydrogen) atoms. The zero-order chi connectivity index (χ0) is 9.47. The van der Waals surface area contributed by atoms with Gasteiger partial charge in [-0.15, -0.1) is 0 Å². The van der Waals surface area contributed by atoms with E-state index in [9.17, 15) is 0 Å². The molecule has 0 aliphatic heterocycles. The first-order valence-corrected chi connectivity index (χ1v) is 5.03. The first-order valence-electron chi connectivity index (χ1n) is 4.65. The summed E-state index contributed by atoms with van der Waals surface area (Å²) in [6.45, 7) is 2.24. The smallest absolute Gasteiger partial charge is 0.0414 e. The molecule has 1 aromatic carbocycles. The van der Waals surface area contributed by atoms with Crippen LogP contribution in [0.1, 0.15) is 25.3 Å². The van der Waals surface area contributed by atoms with Crippen LogP contribution in [0.25, 0.3) is 0 Å². The summed E-state index contributed by atoms with van der Waals surface area (Å²) >= 11 is 5.81. The Morgan fingerprint density at radius 2 is 1.85 bits per heavy atom. The molecule has 70 valence electrons. The van der Waals surface area contributed by atoms with Gasteiger partial charge in [0, 0.05) is 10.6 Å². The topological polar surface area (TPSA) is 26.0 Å². The maximum atomic E-state index is 6.22. The summed E-state index contributed by atoms with van der Waals surface area (Å²) in [7, 11) is 0. The lowest BCUT2D eigenvalue weighted by Crippen LogP contribution is -2.47. The third-order valence-corrected chi connectivity index (χ3v) is 3.10. The van der Waals surface area contributed by atoms with Crippen molar-refractivity contribution in [2.75, 3.05) is 0 Å². The van der Waals surface area contributed by atoms with Crippen molar-refractivity contribution in [2.24, 2.45) is 11.7 Å². The van der Waals surface area contributed by atoms with Crippen LogP contribution in [0, 0.1) is 5.92 Å². The molecule has 0 atom stereocenters. The van der Waals surface area contributed by atoms with Crippen molar-refractivity contribution in [3.8, 4) is 0 Å². The third kappa shape index (κ3) is 1.59. The molecule has 1 aliphatic carbocycles. The minimum atomic E-state index is -0.0794. The van der Waals surface area contributed by atoms with Gasteiger partial charge >= 0.3 is 0 Å². The second-order valence-corrected chi connectivity index (χ2v) is 4.61. The van der Waals surface area contributed by atoms with Crippen LogP contribution in [-0.2, 0) is 5.54 Å². The first kappa shape index (κ1) is 9.04. The highest BCUT2D eigenvalue weighted by Crippen LogP contribution is 2.43. The fourth-order valence-corrected chi connectivity index (χ4v) is 2.33. The molecule has 2 heteroatoms. The third-order valence-electron chi connectivity index (χ3n) is 2.84. The number of benzene rings is 1. The molecule has 0 amide bonds. The van der Waals surface area contributed by atoms with E-state index < -0.39 is 0 Å². The van der Waals surface area contributed by atoms with Crippen molar-refractivity contribution in [3.05, 3.63) is 34.9 Å². The van der Waals surface area contributed by atoms with Crippen LogP contribution >= 0.6 is 11.6 Å². The lowest BCUT2D eigenvalue weighted by Gasteiger charge is -2.44. The zero-order valence-electron chi connectivity index (χ0n) is 7.76. The van der Waals surface area contributed by atoms with Crippen LogP contribution in [0.3, 0.4) is 0 Å². The molecule has 0 bridgehead atoms. The molecular weight excluding hydrogens is 182 g/mol. The van der Waals surface area contributed by atoms with Crippen molar-refractivity contribution in [3.63, 3.8) is 0 Å². The summed E-state index contributed by atoms with van der Waals surface area (Å²) in [6.07, 6.45) is 2.18. The van der Waals surface area contributed by atoms with Gasteiger partial charge in [-0.2, -0.15) is 0 Å². The molecule has 1 fully saturated rings. The summed E-state index contributed by atoms with van der Waals surface area (Å²) in [6, 6.07) is 7.89. The fourth-order valence-electron chi connectivity index (χ4n) is 2.20. The van der Waals surface area contributed by atoms with Crippen molar-refractivity contribution >= 4 is 11.6 Å². The van der Waals surface area contributed by atoms with Gasteiger partial charge in [-0.25, -0.2) is 0 Å². The fraction of sp³-hybridized carbons (Fsp3) is 0.455. The van der Waals surface area contributed by atoms with E-state index in [1.165, 1.54) is 5.56 Å². The molecule has 0 heterocycles. The normalized spacial score (nSPS) is 32.7. The Labute approximate surface area is 83.9 Å². The molecule has 0 radical (unpaired) electrons. The van der Waals surface area contributed by atoms with E-state index in [1.807, 2.05) is 24.3 Å². The largest absolute Gasteiger partial charge is 0.321 e. The predicted molar refractivity (Wildman–Crippen MR) is 55.7 cm³/mol. The summed E-state index contributed by atoms with van der Waals surface area (Å²) in [5, 5.41) is 0.778. The van der Waals surface area contributed by atoms with Crippen molar-refractivity contribution in [1.82, 2.24) is 0 Å². The molecule has 0 saturated heterocycles. The average Bonchev–Trinajstić information content (AvgIpc) is 2.03. The Morgan fingerprint density at radius 1 is 1.31 bits per heavy atom. The second kappa shape index (κ2) is 3.00. The Morgan fingerprint density at radius 3 is 2.31 bits per heavy atom. The van der Waals surface area contributed by atoms with Gasteiger partial charge < -0.3 is 5.73 Å². The van der Waals surface area contributed by atoms with Crippen LogP contribution in [-0.4, -0.2) is 0 Å². The molecule has 0 spiro atoms. The molecule has 1 aromatic rings. The molecule has 1 aliphatic rings. The Balaban J connectivity index is 2.22. The maximum absolute atomic E-state index is 6.22. The minimum absolute atomic E-state index is 0.0794. The van der Waals surface area contributed by atoms with Crippen molar-refractivity contribution in [1.29, 1.82) is 0 Å². The van der Waals surface area contributed by atoms with Crippen LogP contribution < -0.4 is 5.73 Å². The van der Waals surface area contributed by atoms with E-state index in [2.05, 4.69) is 6.92 Å². The van der Waals surface area contributed by atoms with E-state index in [-0.39, 0.29) is 5.54 Å². The van der Waals surface area contributed by atoms with E-state index in [0.717, 1.165) is 23.8 Å². The maximum Gasteiger partial charge on any atom is 0.0414 e. The van der Waals surface area contributed by atoms with Crippen LogP contribution in [0.5, 0.6) is 0 Å². The Kier molecular flexibility index (Phi) is 2.09. The van der Waals surface area contributed by atoms with Gasteiger partial charge in [-0.1, -0.05) is 30.7 Å². The van der Waals surface area contributed by atoms with Gasteiger partial charge in [0.2, 0.25) is 0 Å². The Hall–Kier alpha value is -0.530. The van der Waals surface area contributed by atoms with Gasteiger partial charge in [0.25, 0.3) is 0 Å². The SMILES string of the molecule is CC1CC(N)(c2ccc(Cl)cc2)C1.